The van der Waals surface area contributed by atoms with E-state index in [2.05, 4.69) is 5.92 Å². The van der Waals surface area contributed by atoms with E-state index in [1.54, 1.807) is 13.3 Å². The highest BCUT2D eigenvalue weighted by Crippen LogP contribution is 2.45. The molecule has 0 amide bonds. The molecule has 0 fully saturated rings. The average Bonchev–Trinajstić information content (AvgIpc) is 1.95. The lowest BCUT2D eigenvalue weighted by atomic mass is 10.3. The normalized spacial score (nSPS) is 13.4. The molecule has 0 heterocycles. The lowest BCUT2D eigenvalue weighted by molar-refractivity contribution is -0.109. The molecule has 0 radical (unpaired) electrons. The summed E-state index contributed by atoms with van der Waals surface area (Å²) in [7, 11) is -2.16. The lowest BCUT2D eigenvalue weighted by Crippen LogP contribution is -2.11. The maximum absolute atomic E-state index is 11.7. The maximum Gasteiger partial charge on any atom is 0.185 e. The van der Waals surface area contributed by atoms with Crippen LogP contribution in [0.4, 0.5) is 0 Å². The molecule has 74 valence electrons. The van der Waals surface area contributed by atoms with Gasteiger partial charge in [-0.3, -0.25) is 4.79 Å². The van der Waals surface area contributed by atoms with E-state index in [1.807, 2.05) is 0 Å². The van der Waals surface area contributed by atoms with Crippen LogP contribution in [0.2, 0.25) is 0 Å². The highest BCUT2D eigenvalue weighted by Gasteiger charge is 2.22. The van der Waals surface area contributed by atoms with Gasteiger partial charge in [0.25, 0.3) is 0 Å². The minimum Gasteiger partial charge on any atom is -0.324 e. The van der Waals surface area contributed by atoms with Crippen LogP contribution in [0, 0.1) is 12.3 Å². The number of terminal acetylenes is 1. The average molecular weight is 218 g/mol. The highest BCUT2D eigenvalue weighted by molar-refractivity contribution is 8.13. The van der Waals surface area contributed by atoms with Crippen LogP contribution in [0.15, 0.2) is 0 Å². The SMILES string of the molecule is C#CCC(CSC(C)=O)P(C)(C)=O. The predicted molar refractivity (Wildman–Crippen MR) is 59.8 cm³/mol. The summed E-state index contributed by atoms with van der Waals surface area (Å²) in [6, 6.07) is 0. The van der Waals surface area contributed by atoms with E-state index in [9.17, 15) is 9.36 Å². The molecule has 0 rings (SSSR count). The Bertz CT molecular complexity index is 261. The first kappa shape index (κ1) is 12.8. The molecular weight excluding hydrogens is 203 g/mol. The van der Waals surface area contributed by atoms with Gasteiger partial charge in [0.15, 0.2) is 5.12 Å². The highest BCUT2D eigenvalue weighted by atomic mass is 32.2. The molecule has 13 heavy (non-hydrogen) atoms. The fraction of sp³-hybridized carbons (Fsp3) is 0.667. The zero-order chi connectivity index (χ0) is 10.5. The van der Waals surface area contributed by atoms with Crippen LogP contribution in [-0.2, 0) is 9.36 Å². The standard InChI is InChI=1S/C9H15O2PS/c1-5-6-9(12(3,4)11)7-13-8(2)10/h1,9H,6-7H2,2-4H3. The minimum absolute atomic E-state index is 0.0219. The van der Waals surface area contributed by atoms with Gasteiger partial charge in [0.05, 0.1) is 7.14 Å². The summed E-state index contributed by atoms with van der Waals surface area (Å²) in [6.07, 6.45) is 5.66. The monoisotopic (exact) mass is 218 g/mol. The Hall–Kier alpha value is -0.190. The third-order valence-electron chi connectivity index (χ3n) is 1.71. The summed E-state index contributed by atoms with van der Waals surface area (Å²) in [5, 5.41) is 0.0514. The molecule has 0 saturated heterocycles. The second kappa shape index (κ2) is 5.52. The summed E-state index contributed by atoms with van der Waals surface area (Å²) in [4.78, 5) is 10.7. The fourth-order valence-corrected chi connectivity index (χ4v) is 3.56. The molecule has 0 aromatic rings. The van der Waals surface area contributed by atoms with Crippen LogP contribution in [0.1, 0.15) is 13.3 Å². The second-order valence-electron chi connectivity index (χ2n) is 3.30. The van der Waals surface area contributed by atoms with Gasteiger partial charge in [0.2, 0.25) is 0 Å². The molecule has 0 N–H and O–H groups in total. The van der Waals surface area contributed by atoms with Crippen molar-refractivity contribution in [3.05, 3.63) is 0 Å². The topological polar surface area (TPSA) is 34.1 Å². The first-order valence-electron chi connectivity index (χ1n) is 3.99. The van der Waals surface area contributed by atoms with E-state index in [0.717, 1.165) is 0 Å². The zero-order valence-corrected chi connectivity index (χ0v) is 9.95. The van der Waals surface area contributed by atoms with Crippen molar-refractivity contribution in [1.82, 2.24) is 0 Å². The number of carbonyl (C=O) groups is 1. The molecule has 1 atom stereocenters. The summed E-state index contributed by atoms with van der Waals surface area (Å²) in [5.41, 5.74) is -0.0219. The Morgan fingerprint density at radius 1 is 1.62 bits per heavy atom. The van der Waals surface area contributed by atoms with E-state index in [-0.39, 0.29) is 10.8 Å². The summed E-state index contributed by atoms with van der Waals surface area (Å²) >= 11 is 1.20. The molecule has 0 aliphatic heterocycles. The number of thioether (sulfide) groups is 1. The molecular formula is C9H15O2PS. The molecule has 0 bridgehead atoms. The number of hydrogen-bond acceptors (Lipinski definition) is 3. The Morgan fingerprint density at radius 3 is 2.46 bits per heavy atom. The Morgan fingerprint density at radius 2 is 2.15 bits per heavy atom. The third kappa shape index (κ3) is 5.96. The van der Waals surface area contributed by atoms with E-state index in [4.69, 9.17) is 6.42 Å². The Balaban J connectivity index is 4.21. The van der Waals surface area contributed by atoms with Crippen molar-refractivity contribution in [3.63, 3.8) is 0 Å². The van der Waals surface area contributed by atoms with Gasteiger partial charge in [-0.25, -0.2) is 0 Å². The Kier molecular flexibility index (Phi) is 5.44. The number of hydrogen-bond donors (Lipinski definition) is 0. The molecule has 1 unspecified atom stereocenters. The van der Waals surface area contributed by atoms with Gasteiger partial charge in [-0.2, -0.15) is 0 Å². The van der Waals surface area contributed by atoms with Crippen molar-refractivity contribution in [2.24, 2.45) is 0 Å². The van der Waals surface area contributed by atoms with E-state index >= 15 is 0 Å². The zero-order valence-electron chi connectivity index (χ0n) is 8.24. The molecule has 0 spiro atoms. The largest absolute Gasteiger partial charge is 0.324 e. The van der Waals surface area contributed by atoms with Crippen molar-refractivity contribution >= 4 is 24.0 Å². The lowest BCUT2D eigenvalue weighted by Gasteiger charge is -2.17. The van der Waals surface area contributed by atoms with Crippen LogP contribution >= 0.6 is 18.9 Å². The molecule has 0 aliphatic carbocycles. The van der Waals surface area contributed by atoms with Crippen molar-refractivity contribution in [3.8, 4) is 12.3 Å². The van der Waals surface area contributed by atoms with Gasteiger partial charge in [0.1, 0.15) is 0 Å². The van der Waals surface area contributed by atoms with E-state index in [1.165, 1.54) is 18.7 Å². The van der Waals surface area contributed by atoms with Crippen LogP contribution in [0.5, 0.6) is 0 Å². The van der Waals surface area contributed by atoms with Gasteiger partial charge in [-0.1, -0.05) is 11.8 Å². The molecule has 0 aromatic heterocycles. The molecule has 4 heteroatoms. The van der Waals surface area contributed by atoms with Gasteiger partial charge < -0.3 is 4.57 Å². The van der Waals surface area contributed by atoms with Crippen LogP contribution in [0.25, 0.3) is 0 Å². The van der Waals surface area contributed by atoms with Crippen LogP contribution in [0.3, 0.4) is 0 Å². The third-order valence-corrected chi connectivity index (χ3v) is 5.06. The molecule has 0 saturated carbocycles. The number of carbonyl (C=O) groups excluding carboxylic acids is 1. The van der Waals surface area contributed by atoms with Gasteiger partial charge in [0, 0.05) is 24.8 Å². The maximum atomic E-state index is 11.7. The first-order valence-corrected chi connectivity index (χ1v) is 7.65. The summed E-state index contributed by atoms with van der Waals surface area (Å²) in [5.74, 6) is 3.07. The minimum atomic E-state index is -2.16. The van der Waals surface area contributed by atoms with Crippen LogP contribution in [-0.4, -0.2) is 29.9 Å². The second-order valence-corrected chi connectivity index (χ2v) is 8.09. The predicted octanol–water partition coefficient (Wildman–Crippen LogP) is 2.28. The molecule has 0 aliphatic rings. The fourth-order valence-electron chi connectivity index (χ4n) is 0.808. The van der Waals surface area contributed by atoms with E-state index in [0.29, 0.717) is 12.2 Å². The van der Waals surface area contributed by atoms with Crippen LogP contribution < -0.4 is 0 Å². The van der Waals surface area contributed by atoms with Gasteiger partial charge in [-0.15, -0.1) is 12.3 Å². The van der Waals surface area contributed by atoms with Crippen molar-refractivity contribution in [2.75, 3.05) is 19.1 Å². The Labute approximate surface area is 84.2 Å². The van der Waals surface area contributed by atoms with E-state index < -0.39 is 7.14 Å². The smallest absolute Gasteiger partial charge is 0.185 e. The number of rotatable bonds is 4. The summed E-state index contributed by atoms with van der Waals surface area (Å²) < 4.78 is 11.7. The molecule has 0 aromatic carbocycles. The quantitative estimate of drug-likeness (QED) is 0.536. The van der Waals surface area contributed by atoms with Crippen molar-refractivity contribution < 1.29 is 9.36 Å². The van der Waals surface area contributed by atoms with Crippen molar-refractivity contribution in [1.29, 1.82) is 0 Å². The molecule has 2 nitrogen and oxygen atoms in total. The van der Waals surface area contributed by atoms with Crippen molar-refractivity contribution in [2.45, 2.75) is 19.0 Å². The van der Waals surface area contributed by atoms with Gasteiger partial charge in [-0.05, 0) is 13.3 Å². The summed E-state index contributed by atoms with van der Waals surface area (Å²) in [6.45, 7) is 4.94. The van der Waals surface area contributed by atoms with Gasteiger partial charge >= 0.3 is 0 Å². The first-order chi connectivity index (χ1) is 5.88.